The van der Waals surface area contributed by atoms with Gasteiger partial charge in [-0.2, -0.15) is 0 Å². The summed E-state index contributed by atoms with van der Waals surface area (Å²) in [6.45, 7) is 5.33. The molecule has 1 rings (SSSR count). The van der Waals surface area contributed by atoms with Crippen molar-refractivity contribution in [3.8, 4) is 0 Å². The van der Waals surface area contributed by atoms with Gasteiger partial charge in [-0.05, 0) is 5.92 Å². The van der Waals surface area contributed by atoms with Gasteiger partial charge in [0.1, 0.15) is 12.6 Å². The van der Waals surface area contributed by atoms with Gasteiger partial charge < -0.3 is 15.3 Å². The van der Waals surface area contributed by atoms with E-state index in [0.717, 1.165) is 4.90 Å². The molecule has 0 aromatic rings. The molecule has 17 heavy (non-hydrogen) atoms. The van der Waals surface area contributed by atoms with Crippen molar-refractivity contribution >= 4 is 17.8 Å². The Morgan fingerprint density at radius 2 is 2.00 bits per heavy atom. The van der Waals surface area contributed by atoms with Gasteiger partial charge in [-0.15, -0.1) is 0 Å². The van der Waals surface area contributed by atoms with Gasteiger partial charge >= 0.3 is 5.97 Å². The summed E-state index contributed by atoms with van der Waals surface area (Å²) in [6, 6.07) is -0.957. The number of hydrogen-bond acceptors (Lipinski definition) is 3. The minimum atomic E-state index is -1.09. The minimum Gasteiger partial charge on any atom is -0.480 e. The van der Waals surface area contributed by atoms with Gasteiger partial charge in [0.2, 0.25) is 11.8 Å². The average Bonchev–Trinajstić information content (AvgIpc) is 2.26. The van der Waals surface area contributed by atoms with Crippen molar-refractivity contribution in [2.45, 2.75) is 26.8 Å². The Morgan fingerprint density at radius 3 is 2.47 bits per heavy atom. The van der Waals surface area contributed by atoms with Crippen molar-refractivity contribution in [3.63, 3.8) is 0 Å². The Hall–Kier alpha value is -1.59. The number of hydrogen-bond donors (Lipinski definition) is 2. The first-order valence-electron chi connectivity index (χ1n) is 5.64. The van der Waals surface area contributed by atoms with Crippen LogP contribution < -0.4 is 5.32 Å². The third kappa shape index (κ3) is 2.95. The zero-order valence-corrected chi connectivity index (χ0v) is 10.3. The Balaban J connectivity index is 2.86. The lowest BCUT2D eigenvalue weighted by atomic mass is 9.95. The van der Waals surface area contributed by atoms with Gasteiger partial charge in [-0.1, -0.05) is 20.8 Å². The van der Waals surface area contributed by atoms with Crippen LogP contribution in [0.15, 0.2) is 0 Å². The van der Waals surface area contributed by atoms with Crippen LogP contribution in [0, 0.1) is 11.8 Å². The highest BCUT2D eigenvalue weighted by molar-refractivity contribution is 5.91. The number of nitrogens with zero attached hydrogens (tertiary/aromatic N) is 1. The van der Waals surface area contributed by atoms with E-state index in [1.54, 1.807) is 6.92 Å². The Labute approximate surface area is 100.0 Å². The Morgan fingerprint density at radius 1 is 1.41 bits per heavy atom. The molecule has 2 atom stereocenters. The fourth-order valence-corrected chi connectivity index (χ4v) is 1.64. The summed E-state index contributed by atoms with van der Waals surface area (Å²) in [5, 5.41) is 11.5. The number of carboxylic acids is 1. The molecule has 96 valence electrons. The van der Waals surface area contributed by atoms with Gasteiger partial charge in [0, 0.05) is 12.5 Å². The van der Waals surface area contributed by atoms with Crippen molar-refractivity contribution in [3.05, 3.63) is 0 Å². The lowest BCUT2D eigenvalue weighted by Gasteiger charge is -2.35. The van der Waals surface area contributed by atoms with Crippen molar-refractivity contribution in [2.24, 2.45) is 11.8 Å². The predicted octanol–water partition coefficient (Wildman–Crippen LogP) is -0.310. The van der Waals surface area contributed by atoms with Crippen LogP contribution in [0.3, 0.4) is 0 Å². The van der Waals surface area contributed by atoms with Gasteiger partial charge in [0.25, 0.3) is 0 Å². The maximum atomic E-state index is 12.1. The van der Waals surface area contributed by atoms with Gasteiger partial charge in [0.15, 0.2) is 0 Å². The standard InChI is InChI=1S/C11H18N2O4/c1-6(2)7(3)10(15)13-5-9(14)12-4-8(13)11(16)17/h6-8H,4-5H2,1-3H3,(H,12,14)(H,16,17). The highest BCUT2D eigenvalue weighted by Gasteiger charge is 2.37. The lowest BCUT2D eigenvalue weighted by molar-refractivity contribution is -0.156. The smallest absolute Gasteiger partial charge is 0.328 e. The minimum absolute atomic E-state index is 0.0231. The number of rotatable bonds is 3. The maximum absolute atomic E-state index is 12.1. The Bertz CT molecular complexity index is 340. The zero-order valence-electron chi connectivity index (χ0n) is 10.3. The third-order valence-corrected chi connectivity index (χ3v) is 3.14. The van der Waals surface area contributed by atoms with E-state index in [9.17, 15) is 14.4 Å². The molecule has 6 nitrogen and oxygen atoms in total. The molecule has 0 radical (unpaired) electrons. The zero-order chi connectivity index (χ0) is 13.2. The van der Waals surface area contributed by atoms with Gasteiger partial charge in [-0.3, -0.25) is 9.59 Å². The van der Waals surface area contributed by atoms with E-state index in [-0.39, 0.29) is 36.7 Å². The fourth-order valence-electron chi connectivity index (χ4n) is 1.64. The molecular weight excluding hydrogens is 224 g/mol. The largest absolute Gasteiger partial charge is 0.480 e. The molecular formula is C11H18N2O4. The van der Waals surface area contributed by atoms with E-state index >= 15 is 0 Å². The van der Waals surface area contributed by atoms with Crippen molar-refractivity contribution in [1.82, 2.24) is 10.2 Å². The van der Waals surface area contributed by atoms with Gasteiger partial charge in [-0.25, -0.2) is 4.79 Å². The molecule has 1 aliphatic heterocycles. The highest BCUT2D eigenvalue weighted by Crippen LogP contribution is 2.16. The second-order valence-electron chi connectivity index (χ2n) is 4.66. The third-order valence-electron chi connectivity index (χ3n) is 3.14. The first-order valence-corrected chi connectivity index (χ1v) is 5.64. The molecule has 0 spiro atoms. The van der Waals surface area contributed by atoms with E-state index in [1.165, 1.54) is 0 Å². The average molecular weight is 242 g/mol. The van der Waals surface area contributed by atoms with Crippen LogP contribution in [0.4, 0.5) is 0 Å². The first kappa shape index (κ1) is 13.5. The van der Waals surface area contributed by atoms with E-state index in [2.05, 4.69) is 5.32 Å². The quantitative estimate of drug-likeness (QED) is 0.710. The van der Waals surface area contributed by atoms with Gasteiger partial charge in [0.05, 0.1) is 0 Å². The predicted molar refractivity (Wildman–Crippen MR) is 60.1 cm³/mol. The van der Waals surface area contributed by atoms with Crippen LogP contribution in [0.2, 0.25) is 0 Å². The van der Waals surface area contributed by atoms with Crippen molar-refractivity contribution in [2.75, 3.05) is 13.1 Å². The van der Waals surface area contributed by atoms with E-state index in [1.807, 2.05) is 13.8 Å². The van der Waals surface area contributed by atoms with Crippen molar-refractivity contribution in [1.29, 1.82) is 0 Å². The molecule has 1 saturated heterocycles. The normalized spacial score (nSPS) is 22.2. The number of carbonyl (C=O) groups is 3. The molecule has 1 fully saturated rings. The number of nitrogens with one attached hydrogen (secondary N) is 1. The molecule has 0 aliphatic carbocycles. The molecule has 2 unspecified atom stereocenters. The molecule has 2 amide bonds. The summed E-state index contributed by atoms with van der Waals surface area (Å²) < 4.78 is 0. The van der Waals surface area contributed by atoms with Crippen LogP contribution in [0.5, 0.6) is 0 Å². The van der Waals surface area contributed by atoms with E-state index < -0.39 is 12.0 Å². The Kier molecular flexibility index (Phi) is 4.09. The summed E-state index contributed by atoms with van der Waals surface area (Å²) in [5.41, 5.74) is 0. The number of carboxylic acid groups (broad SMARTS) is 1. The summed E-state index contributed by atoms with van der Waals surface area (Å²) in [6.07, 6.45) is 0. The van der Waals surface area contributed by atoms with E-state index in [0.29, 0.717) is 0 Å². The lowest BCUT2D eigenvalue weighted by Crippen LogP contribution is -2.60. The molecule has 1 aliphatic rings. The summed E-state index contributed by atoms with van der Waals surface area (Å²) in [4.78, 5) is 35.5. The van der Waals surface area contributed by atoms with Crippen LogP contribution in [0.25, 0.3) is 0 Å². The molecule has 1 heterocycles. The van der Waals surface area contributed by atoms with E-state index in [4.69, 9.17) is 5.11 Å². The molecule has 0 aromatic carbocycles. The van der Waals surface area contributed by atoms with Crippen LogP contribution in [0.1, 0.15) is 20.8 Å². The SMILES string of the molecule is CC(C)C(C)C(=O)N1CC(=O)NCC1C(=O)O. The van der Waals surface area contributed by atoms with Crippen LogP contribution in [-0.4, -0.2) is 46.9 Å². The van der Waals surface area contributed by atoms with Crippen LogP contribution in [-0.2, 0) is 14.4 Å². The highest BCUT2D eigenvalue weighted by atomic mass is 16.4. The molecule has 0 aromatic heterocycles. The second-order valence-corrected chi connectivity index (χ2v) is 4.66. The second kappa shape index (κ2) is 5.16. The van der Waals surface area contributed by atoms with Crippen LogP contribution >= 0.6 is 0 Å². The number of carbonyl (C=O) groups excluding carboxylic acids is 2. The number of piperazine rings is 1. The fraction of sp³-hybridized carbons (Fsp3) is 0.727. The number of aliphatic carboxylic acids is 1. The molecule has 6 heteroatoms. The molecule has 0 bridgehead atoms. The molecule has 2 N–H and O–H groups in total. The van der Waals surface area contributed by atoms with Crippen molar-refractivity contribution < 1.29 is 19.5 Å². The maximum Gasteiger partial charge on any atom is 0.328 e. The topological polar surface area (TPSA) is 86.7 Å². The summed E-state index contributed by atoms with van der Waals surface area (Å²) in [5.74, 6) is -1.85. The monoisotopic (exact) mass is 242 g/mol. The first-order chi connectivity index (χ1) is 7.84. The summed E-state index contributed by atoms with van der Waals surface area (Å²) in [7, 11) is 0. The number of amides is 2. The summed E-state index contributed by atoms with van der Waals surface area (Å²) >= 11 is 0. The molecule has 0 saturated carbocycles.